The smallest absolute Gasteiger partial charge is 0.329 e. The number of hydrogen-bond donors (Lipinski definition) is 1. The van der Waals surface area contributed by atoms with Gasteiger partial charge in [0, 0.05) is 18.9 Å². The summed E-state index contributed by atoms with van der Waals surface area (Å²) >= 11 is 0. The number of hydrogen-bond acceptors (Lipinski definition) is 3. The molecule has 0 amide bonds. The van der Waals surface area contributed by atoms with E-state index in [1.54, 1.807) is 0 Å². The Kier molecular flexibility index (Phi) is 4.75. The Hall–Kier alpha value is -1.36. The van der Waals surface area contributed by atoms with E-state index < -0.39 is 5.97 Å². The number of carboxylic acids is 1. The summed E-state index contributed by atoms with van der Waals surface area (Å²) in [5.74, 6) is 0.334. The highest BCUT2D eigenvalue weighted by Crippen LogP contribution is 2.29. The number of nitrogens with zero attached hydrogens (tertiary/aromatic N) is 2. The van der Waals surface area contributed by atoms with Crippen molar-refractivity contribution >= 4 is 5.97 Å². The summed E-state index contributed by atoms with van der Waals surface area (Å²) in [4.78, 5) is 10.3. The van der Waals surface area contributed by atoms with Crippen molar-refractivity contribution in [2.75, 3.05) is 13.2 Å². The second-order valence-electron chi connectivity index (χ2n) is 5.02. The first-order valence-corrected chi connectivity index (χ1v) is 6.51. The summed E-state index contributed by atoms with van der Waals surface area (Å²) < 4.78 is 7.15. The number of carboxylic acid groups (broad SMARTS) is 1. The van der Waals surface area contributed by atoms with Crippen LogP contribution < -0.4 is 0 Å². The van der Waals surface area contributed by atoms with Gasteiger partial charge in [0.1, 0.15) is 6.61 Å². The van der Waals surface area contributed by atoms with E-state index >= 15 is 0 Å². The van der Waals surface area contributed by atoms with Gasteiger partial charge in [0.25, 0.3) is 0 Å². The van der Waals surface area contributed by atoms with Crippen molar-refractivity contribution in [1.29, 1.82) is 0 Å². The molecule has 0 aromatic carbocycles. The van der Waals surface area contributed by atoms with Crippen molar-refractivity contribution in [3.05, 3.63) is 18.5 Å². The van der Waals surface area contributed by atoms with E-state index in [9.17, 15) is 4.79 Å². The molecule has 1 saturated carbocycles. The fraction of sp³-hybridized carbons (Fsp3) is 0.692. The third kappa shape index (κ3) is 4.14. The molecule has 0 saturated heterocycles. The van der Waals surface area contributed by atoms with Crippen molar-refractivity contribution < 1.29 is 14.6 Å². The van der Waals surface area contributed by atoms with E-state index in [2.05, 4.69) is 5.10 Å². The lowest BCUT2D eigenvalue weighted by Crippen LogP contribution is -2.23. The van der Waals surface area contributed by atoms with Crippen molar-refractivity contribution in [2.45, 2.75) is 32.2 Å². The van der Waals surface area contributed by atoms with Crippen LogP contribution in [0.2, 0.25) is 0 Å². The van der Waals surface area contributed by atoms with E-state index in [0.717, 1.165) is 19.4 Å². The minimum atomic E-state index is -0.887. The Morgan fingerprint density at radius 1 is 1.33 bits per heavy atom. The number of rotatable bonds is 6. The molecular weight excluding hydrogens is 232 g/mol. The maximum atomic E-state index is 10.3. The average Bonchev–Trinajstić information content (AvgIpc) is 2.84. The molecule has 1 aliphatic rings. The van der Waals surface area contributed by atoms with Gasteiger partial charge in [0.2, 0.25) is 0 Å². The number of ether oxygens (including phenoxy) is 1. The Morgan fingerprint density at radius 3 is 2.67 bits per heavy atom. The van der Waals surface area contributed by atoms with Crippen molar-refractivity contribution in [3.63, 3.8) is 0 Å². The first kappa shape index (κ1) is 13.1. The molecule has 100 valence electrons. The summed E-state index contributed by atoms with van der Waals surface area (Å²) in [7, 11) is 0. The Labute approximate surface area is 107 Å². The molecule has 0 atom stereocenters. The molecular formula is C13H20N2O3. The highest BCUT2D eigenvalue weighted by Gasteiger charge is 2.21. The van der Waals surface area contributed by atoms with Crippen LogP contribution in [-0.2, 0) is 16.1 Å². The Balaban J connectivity index is 1.63. The summed E-state index contributed by atoms with van der Waals surface area (Å²) in [6.45, 7) is 1.41. The maximum absolute atomic E-state index is 10.3. The Morgan fingerprint density at radius 2 is 2.06 bits per heavy atom. The van der Waals surface area contributed by atoms with Crippen LogP contribution in [0.4, 0.5) is 0 Å². The molecule has 0 spiro atoms. The Bertz CT molecular complexity index is 356. The third-order valence-corrected chi connectivity index (χ3v) is 3.55. The lowest BCUT2D eigenvalue weighted by atomic mass is 9.82. The lowest BCUT2D eigenvalue weighted by molar-refractivity contribution is -0.142. The third-order valence-electron chi connectivity index (χ3n) is 3.55. The normalized spacial score (nSPS) is 24.0. The maximum Gasteiger partial charge on any atom is 0.329 e. The zero-order chi connectivity index (χ0) is 12.8. The lowest BCUT2D eigenvalue weighted by Gasteiger charge is -2.28. The van der Waals surface area contributed by atoms with Gasteiger partial charge in [-0.05, 0) is 43.6 Å². The zero-order valence-corrected chi connectivity index (χ0v) is 10.5. The van der Waals surface area contributed by atoms with E-state index in [4.69, 9.17) is 9.84 Å². The predicted octanol–water partition coefficient (Wildman–Crippen LogP) is 1.79. The van der Waals surface area contributed by atoms with Gasteiger partial charge in [-0.1, -0.05) is 0 Å². The van der Waals surface area contributed by atoms with Crippen LogP contribution in [0.15, 0.2) is 18.5 Å². The van der Waals surface area contributed by atoms with E-state index in [1.807, 2.05) is 23.1 Å². The second-order valence-corrected chi connectivity index (χ2v) is 5.02. The topological polar surface area (TPSA) is 64.3 Å². The van der Waals surface area contributed by atoms with E-state index in [1.165, 1.54) is 12.8 Å². The minimum absolute atomic E-state index is 0.173. The zero-order valence-electron chi connectivity index (χ0n) is 10.5. The molecule has 1 N–H and O–H groups in total. The standard InChI is InChI=1S/C13H20N2O3/c16-13(17)10-18-9-12-4-2-11(3-5-12)8-15-7-1-6-14-15/h1,6-7,11-12H,2-5,8-10H2,(H,16,17). The van der Waals surface area contributed by atoms with Crippen molar-refractivity contribution in [3.8, 4) is 0 Å². The molecule has 5 heteroatoms. The molecule has 1 heterocycles. The number of aliphatic carboxylic acids is 1. The first-order valence-electron chi connectivity index (χ1n) is 6.51. The van der Waals surface area contributed by atoms with Crippen LogP contribution in [0, 0.1) is 11.8 Å². The molecule has 0 aliphatic heterocycles. The van der Waals surface area contributed by atoms with Crippen LogP contribution in [0.5, 0.6) is 0 Å². The van der Waals surface area contributed by atoms with Crippen LogP contribution in [0.25, 0.3) is 0 Å². The van der Waals surface area contributed by atoms with Crippen molar-refractivity contribution in [1.82, 2.24) is 9.78 Å². The van der Waals surface area contributed by atoms with Crippen LogP contribution in [0.1, 0.15) is 25.7 Å². The largest absolute Gasteiger partial charge is 0.480 e. The molecule has 0 radical (unpaired) electrons. The van der Waals surface area contributed by atoms with Crippen LogP contribution in [-0.4, -0.2) is 34.1 Å². The fourth-order valence-electron chi connectivity index (χ4n) is 2.57. The highest BCUT2D eigenvalue weighted by molar-refractivity contribution is 5.67. The highest BCUT2D eigenvalue weighted by atomic mass is 16.5. The van der Waals surface area contributed by atoms with Gasteiger partial charge in [-0.25, -0.2) is 4.79 Å². The number of aromatic nitrogens is 2. The summed E-state index contributed by atoms with van der Waals surface area (Å²) in [6.07, 6.45) is 8.44. The molecule has 0 unspecified atom stereocenters. The molecule has 1 aliphatic carbocycles. The molecule has 18 heavy (non-hydrogen) atoms. The minimum Gasteiger partial charge on any atom is -0.480 e. The second kappa shape index (κ2) is 6.54. The van der Waals surface area contributed by atoms with E-state index in [-0.39, 0.29) is 6.61 Å². The van der Waals surface area contributed by atoms with Gasteiger partial charge in [-0.3, -0.25) is 4.68 Å². The van der Waals surface area contributed by atoms with Crippen LogP contribution >= 0.6 is 0 Å². The van der Waals surface area contributed by atoms with Gasteiger partial charge in [-0.2, -0.15) is 5.10 Å². The molecule has 0 bridgehead atoms. The fourth-order valence-corrected chi connectivity index (χ4v) is 2.57. The molecule has 1 fully saturated rings. The van der Waals surface area contributed by atoms with E-state index in [0.29, 0.717) is 18.4 Å². The number of carbonyl (C=O) groups is 1. The van der Waals surface area contributed by atoms with Gasteiger partial charge in [0.05, 0.1) is 6.61 Å². The molecule has 5 nitrogen and oxygen atoms in total. The van der Waals surface area contributed by atoms with Crippen LogP contribution in [0.3, 0.4) is 0 Å². The van der Waals surface area contributed by atoms with Crippen molar-refractivity contribution in [2.24, 2.45) is 11.8 Å². The van der Waals surface area contributed by atoms with Gasteiger partial charge < -0.3 is 9.84 Å². The summed E-state index contributed by atoms with van der Waals surface area (Å²) in [5.41, 5.74) is 0. The molecule has 2 rings (SSSR count). The monoisotopic (exact) mass is 252 g/mol. The first-order chi connectivity index (χ1) is 8.74. The SMILES string of the molecule is O=C(O)COCC1CCC(Cn2cccn2)CC1. The van der Waals surface area contributed by atoms with Gasteiger partial charge in [0.15, 0.2) is 0 Å². The molecule has 1 aromatic rings. The van der Waals surface area contributed by atoms with Gasteiger partial charge >= 0.3 is 5.97 Å². The quantitative estimate of drug-likeness (QED) is 0.838. The van der Waals surface area contributed by atoms with Gasteiger partial charge in [-0.15, -0.1) is 0 Å². The predicted molar refractivity (Wildman–Crippen MR) is 66.1 cm³/mol. The average molecular weight is 252 g/mol. The molecule has 1 aromatic heterocycles. The summed E-state index contributed by atoms with van der Waals surface area (Å²) in [6, 6.07) is 1.95. The summed E-state index contributed by atoms with van der Waals surface area (Å²) in [5, 5.41) is 12.7.